The highest BCUT2D eigenvalue weighted by atomic mass is 79.9. The molecular formula is C22H22BrNO5. The second kappa shape index (κ2) is 10.6. The van der Waals surface area contributed by atoms with Gasteiger partial charge >= 0.3 is 11.9 Å². The molecule has 0 heterocycles. The molecule has 0 saturated carbocycles. The fourth-order valence-corrected chi connectivity index (χ4v) is 3.00. The maximum Gasteiger partial charge on any atom is 0.336 e. The van der Waals surface area contributed by atoms with Gasteiger partial charge in [-0.15, -0.1) is 0 Å². The molecule has 7 heteroatoms. The van der Waals surface area contributed by atoms with Crippen molar-refractivity contribution in [1.82, 2.24) is 0 Å². The average Bonchev–Trinajstić information content (AvgIpc) is 2.68. The lowest BCUT2D eigenvalue weighted by Crippen LogP contribution is -2.24. The van der Waals surface area contributed by atoms with Gasteiger partial charge in [0.2, 0.25) is 0 Å². The van der Waals surface area contributed by atoms with Crippen molar-refractivity contribution in [3.05, 3.63) is 64.1 Å². The van der Waals surface area contributed by atoms with E-state index in [2.05, 4.69) is 20.9 Å². The molecule has 1 unspecified atom stereocenters. The maximum absolute atomic E-state index is 12.2. The molecule has 2 rings (SSSR count). The van der Waals surface area contributed by atoms with E-state index in [1.807, 2.05) is 30.3 Å². The molecule has 0 aliphatic rings. The van der Waals surface area contributed by atoms with Crippen LogP contribution in [0, 0.1) is 5.92 Å². The lowest BCUT2D eigenvalue weighted by molar-refractivity contribution is -0.139. The Morgan fingerprint density at radius 3 is 2.41 bits per heavy atom. The van der Waals surface area contributed by atoms with Crippen molar-refractivity contribution < 1.29 is 24.2 Å². The number of esters is 1. The molecule has 0 spiro atoms. The lowest BCUT2D eigenvalue weighted by atomic mass is 10.1. The molecule has 0 fully saturated rings. The number of hydrogen-bond acceptors (Lipinski definition) is 5. The molecule has 152 valence electrons. The van der Waals surface area contributed by atoms with Crippen LogP contribution >= 0.6 is 15.9 Å². The summed E-state index contributed by atoms with van der Waals surface area (Å²) in [5, 5.41) is 9.24. The predicted octanol–water partition coefficient (Wildman–Crippen LogP) is 4.60. The van der Waals surface area contributed by atoms with Crippen molar-refractivity contribution in [1.29, 1.82) is 0 Å². The molecule has 0 bridgehead atoms. The van der Waals surface area contributed by atoms with Gasteiger partial charge in [-0.25, -0.2) is 9.59 Å². The highest BCUT2D eigenvalue weighted by Crippen LogP contribution is 2.36. The minimum absolute atomic E-state index is 0.147. The van der Waals surface area contributed by atoms with Gasteiger partial charge in [0.1, 0.15) is 6.04 Å². The Labute approximate surface area is 178 Å². The number of carbonyl (C=O) groups is 2. The van der Waals surface area contributed by atoms with Crippen molar-refractivity contribution in [3.63, 3.8) is 0 Å². The van der Waals surface area contributed by atoms with E-state index >= 15 is 0 Å². The molecule has 2 aromatic carbocycles. The van der Waals surface area contributed by atoms with E-state index < -0.39 is 18.0 Å². The molecule has 0 aromatic heterocycles. The average molecular weight is 460 g/mol. The standard InChI is InChI=1S/C22H22BrNO5/c1-14(2)20(22(26)27)24-13-16-11-17(23)21(18(12-16)28-3)29-19(25)10-9-15-7-5-4-6-8-15/h4-14,20H,1-3H3,(H,26,27)/b10-9?,24-13+. The molecule has 2 aromatic rings. The van der Waals surface area contributed by atoms with Crippen LogP contribution in [0.5, 0.6) is 11.5 Å². The van der Waals surface area contributed by atoms with Crippen molar-refractivity contribution >= 4 is 40.2 Å². The second-order valence-electron chi connectivity index (χ2n) is 6.50. The predicted molar refractivity (Wildman–Crippen MR) is 116 cm³/mol. The number of carboxylic acid groups (broad SMARTS) is 1. The van der Waals surface area contributed by atoms with Crippen LogP contribution in [0.3, 0.4) is 0 Å². The van der Waals surface area contributed by atoms with Crippen molar-refractivity contribution in [2.24, 2.45) is 10.9 Å². The fraction of sp³-hybridized carbons (Fsp3) is 0.227. The Balaban J connectivity index is 2.20. The SMILES string of the molecule is COc1cc(/C=N/C(C(=O)O)C(C)C)cc(Br)c1OC(=O)C=Cc1ccccc1. The third-order valence-corrected chi connectivity index (χ3v) is 4.52. The van der Waals surface area contributed by atoms with Crippen LogP contribution < -0.4 is 9.47 Å². The van der Waals surface area contributed by atoms with E-state index in [0.29, 0.717) is 15.8 Å². The highest BCUT2D eigenvalue weighted by Gasteiger charge is 2.20. The topological polar surface area (TPSA) is 85.2 Å². The summed E-state index contributed by atoms with van der Waals surface area (Å²) in [4.78, 5) is 27.6. The van der Waals surface area contributed by atoms with Crippen LogP contribution in [0.15, 0.2) is 58.0 Å². The van der Waals surface area contributed by atoms with Gasteiger partial charge < -0.3 is 14.6 Å². The van der Waals surface area contributed by atoms with Gasteiger partial charge in [-0.1, -0.05) is 44.2 Å². The number of halogens is 1. The Kier molecular flexibility index (Phi) is 8.15. The Morgan fingerprint density at radius 1 is 1.14 bits per heavy atom. The number of aliphatic carboxylic acids is 1. The zero-order valence-corrected chi connectivity index (χ0v) is 17.9. The Hall–Kier alpha value is -2.93. The van der Waals surface area contributed by atoms with Crippen LogP contribution in [-0.4, -0.2) is 36.4 Å². The number of carboxylic acids is 1. The number of aliphatic imine (C=N–C) groups is 1. The number of carbonyl (C=O) groups excluding carboxylic acids is 1. The summed E-state index contributed by atoms with van der Waals surface area (Å²) < 4.78 is 11.2. The van der Waals surface area contributed by atoms with Gasteiger partial charge in [0.15, 0.2) is 11.5 Å². The molecule has 29 heavy (non-hydrogen) atoms. The number of methoxy groups -OCH3 is 1. The summed E-state index contributed by atoms with van der Waals surface area (Å²) in [6.07, 6.45) is 4.45. The maximum atomic E-state index is 12.2. The summed E-state index contributed by atoms with van der Waals surface area (Å²) in [6, 6.07) is 11.8. The molecule has 1 N–H and O–H groups in total. The van der Waals surface area contributed by atoms with Gasteiger partial charge in [-0.05, 0) is 51.2 Å². The van der Waals surface area contributed by atoms with Gasteiger partial charge in [0, 0.05) is 12.3 Å². The normalized spacial score (nSPS) is 12.4. The summed E-state index contributed by atoms with van der Waals surface area (Å²) in [5.74, 6) is -1.14. The monoisotopic (exact) mass is 459 g/mol. The molecule has 6 nitrogen and oxygen atoms in total. The van der Waals surface area contributed by atoms with Crippen molar-refractivity contribution in [3.8, 4) is 11.5 Å². The van der Waals surface area contributed by atoms with Gasteiger partial charge in [-0.2, -0.15) is 0 Å². The number of hydrogen-bond donors (Lipinski definition) is 1. The van der Waals surface area contributed by atoms with Crippen LogP contribution in [0.2, 0.25) is 0 Å². The third kappa shape index (κ3) is 6.57. The first-order valence-electron chi connectivity index (χ1n) is 8.90. The minimum Gasteiger partial charge on any atom is -0.493 e. The van der Waals surface area contributed by atoms with Gasteiger partial charge in [0.25, 0.3) is 0 Å². The van der Waals surface area contributed by atoms with Crippen LogP contribution in [0.25, 0.3) is 6.08 Å². The largest absolute Gasteiger partial charge is 0.493 e. The van der Waals surface area contributed by atoms with Crippen molar-refractivity contribution in [2.45, 2.75) is 19.9 Å². The van der Waals surface area contributed by atoms with Crippen LogP contribution in [0.1, 0.15) is 25.0 Å². The number of nitrogens with zero attached hydrogens (tertiary/aromatic N) is 1. The van der Waals surface area contributed by atoms with E-state index in [-0.39, 0.29) is 11.7 Å². The second-order valence-corrected chi connectivity index (χ2v) is 7.36. The highest BCUT2D eigenvalue weighted by molar-refractivity contribution is 9.10. The zero-order valence-electron chi connectivity index (χ0n) is 16.3. The van der Waals surface area contributed by atoms with Gasteiger partial charge in [-0.3, -0.25) is 4.99 Å². The first kappa shape index (κ1) is 22.4. The quantitative estimate of drug-likeness (QED) is 0.269. The smallest absolute Gasteiger partial charge is 0.336 e. The van der Waals surface area contributed by atoms with Gasteiger partial charge in [0.05, 0.1) is 11.6 Å². The summed E-state index contributed by atoms with van der Waals surface area (Å²) in [5.41, 5.74) is 1.49. The Morgan fingerprint density at radius 2 is 1.83 bits per heavy atom. The summed E-state index contributed by atoms with van der Waals surface area (Å²) >= 11 is 3.37. The molecular weight excluding hydrogens is 438 g/mol. The number of benzene rings is 2. The van der Waals surface area contributed by atoms with E-state index in [4.69, 9.17) is 9.47 Å². The summed E-state index contributed by atoms with van der Waals surface area (Å²) in [7, 11) is 1.45. The fourth-order valence-electron chi connectivity index (χ4n) is 2.46. The van der Waals surface area contributed by atoms with Crippen molar-refractivity contribution in [2.75, 3.05) is 7.11 Å². The first-order valence-corrected chi connectivity index (χ1v) is 9.69. The van der Waals surface area contributed by atoms with E-state index in [1.165, 1.54) is 19.4 Å². The molecule has 0 aliphatic heterocycles. The molecule has 1 atom stereocenters. The van der Waals surface area contributed by atoms with E-state index in [0.717, 1.165) is 5.56 Å². The molecule has 0 radical (unpaired) electrons. The van der Waals surface area contributed by atoms with E-state index in [9.17, 15) is 14.7 Å². The van der Waals surface area contributed by atoms with E-state index in [1.54, 1.807) is 32.1 Å². The number of rotatable bonds is 8. The molecule has 0 amide bonds. The third-order valence-electron chi connectivity index (χ3n) is 3.93. The minimum atomic E-state index is -0.988. The first-order chi connectivity index (χ1) is 13.8. The zero-order chi connectivity index (χ0) is 21.4. The molecule has 0 aliphatic carbocycles. The Bertz CT molecular complexity index is 922. The molecule has 0 saturated heterocycles. The van der Waals surface area contributed by atoms with Crippen LogP contribution in [0.4, 0.5) is 0 Å². The summed E-state index contributed by atoms with van der Waals surface area (Å²) in [6.45, 7) is 3.58. The lowest BCUT2D eigenvalue weighted by Gasteiger charge is -2.12. The van der Waals surface area contributed by atoms with Crippen LogP contribution in [-0.2, 0) is 9.59 Å². The number of ether oxygens (including phenoxy) is 2.